The van der Waals surface area contributed by atoms with Crippen molar-refractivity contribution in [3.63, 3.8) is 0 Å². The van der Waals surface area contributed by atoms with Crippen molar-refractivity contribution >= 4 is 23.4 Å². The summed E-state index contributed by atoms with van der Waals surface area (Å²) >= 11 is 0. The summed E-state index contributed by atoms with van der Waals surface area (Å²) in [6.07, 6.45) is 0. The van der Waals surface area contributed by atoms with Gasteiger partial charge in [-0.2, -0.15) is 0 Å². The third-order valence-corrected chi connectivity index (χ3v) is 4.59. The third-order valence-electron chi connectivity index (χ3n) is 4.59. The Morgan fingerprint density at radius 1 is 1.10 bits per heavy atom. The number of hydrogen-bond donors (Lipinski definition) is 2. The number of fused-ring (bicyclic) bond motifs is 1. The van der Waals surface area contributed by atoms with E-state index in [4.69, 9.17) is 14.2 Å². The van der Waals surface area contributed by atoms with E-state index in [9.17, 15) is 14.4 Å². The first-order chi connectivity index (χ1) is 14.4. The number of likely N-dealkylation sites (N-methyl/N-ethyl adjacent to an activating group) is 1. The van der Waals surface area contributed by atoms with Gasteiger partial charge in [0.1, 0.15) is 11.8 Å². The van der Waals surface area contributed by atoms with Crippen LogP contribution in [-0.4, -0.2) is 50.1 Å². The molecule has 0 saturated heterocycles. The molecule has 1 aliphatic heterocycles. The quantitative estimate of drug-likeness (QED) is 0.716. The molecular formula is C21H23N3O6. The maximum atomic E-state index is 13.2. The predicted molar refractivity (Wildman–Crippen MR) is 108 cm³/mol. The molecule has 0 aliphatic carbocycles. The zero-order valence-electron chi connectivity index (χ0n) is 16.9. The lowest BCUT2D eigenvalue weighted by atomic mass is 10.0. The summed E-state index contributed by atoms with van der Waals surface area (Å²) in [6, 6.07) is 11.0. The molecule has 0 spiro atoms. The number of carbonyl (C=O) groups is 3. The first-order valence-corrected chi connectivity index (χ1v) is 9.23. The topological polar surface area (TPSA) is 106 Å². The summed E-state index contributed by atoms with van der Waals surface area (Å²) in [4.78, 5) is 38.2. The molecule has 2 aromatic carbocycles. The van der Waals surface area contributed by atoms with Crippen molar-refractivity contribution in [1.82, 2.24) is 10.2 Å². The van der Waals surface area contributed by atoms with Crippen LogP contribution in [0.4, 0.5) is 5.69 Å². The molecule has 1 aliphatic rings. The monoisotopic (exact) mass is 413 g/mol. The van der Waals surface area contributed by atoms with Gasteiger partial charge in [-0.1, -0.05) is 12.1 Å². The Morgan fingerprint density at radius 2 is 1.80 bits per heavy atom. The minimum atomic E-state index is -0.928. The fourth-order valence-electron chi connectivity index (χ4n) is 2.99. The van der Waals surface area contributed by atoms with E-state index in [1.54, 1.807) is 49.6 Å². The van der Waals surface area contributed by atoms with Crippen molar-refractivity contribution in [3.05, 3.63) is 48.0 Å². The summed E-state index contributed by atoms with van der Waals surface area (Å²) in [7, 11) is 3.06. The van der Waals surface area contributed by atoms with Gasteiger partial charge in [-0.05, 0) is 29.8 Å². The van der Waals surface area contributed by atoms with Crippen LogP contribution in [0.2, 0.25) is 0 Å². The normalized spacial score (nSPS) is 12.6. The molecule has 3 rings (SSSR count). The number of ether oxygens (including phenoxy) is 3. The van der Waals surface area contributed by atoms with Crippen LogP contribution >= 0.6 is 0 Å². The van der Waals surface area contributed by atoms with Crippen LogP contribution in [-0.2, 0) is 14.4 Å². The van der Waals surface area contributed by atoms with Crippen LogP contribution in [0.5, 0.6) is 17.2 Å². The first-order valence-electron chi connectivity index (χ1n) is 9.23. The Balaban J connectivity index is 1.84. The average molecular weight is 413 g/mol. The summed E-state index contributed by atoms with van der Waals surface area (Å²) in [5, 5.41) is 5.27. The second kappa shape index (κ2) is 9.17. The number of anilines is 1. The van der Waals surface area contributed by atoms with Gasteiger partial charge in [0.15, 0.2) is 11.5 Å². The lowest BCUT2D eigenvalue weighted by Crippen LogP contribution is -2.43. The number of benzene rings is 2. The molecule has 9 heteroatoms. The molecule has 0 fully saturated rings. The van der Waals surface area contributed by atoms with E-state index in [0.717, 1.165) is 0 Å². The minimum absolute atomic E-state index is 0.127. The van der Waals surface area contributed by atoms with Gasteiger partial charge < -0.3 is 29.7 Å². The van der Waals surface area contributed by atoms with Gasteiger partial charge in [-0.25, -0.2) is 0 Å². The molecular weight excluding hydrogens is 390 g/mol. The van der Waals surface area contributed by atoms with E-state index in [-0.39, 0.29) is 19.2 Å². The van der Waals surface area contributed by atoms with Crippen LogP contribution < -0.4 is 24.8 Å². The molecule has 0 saturated carbocycles. The molecule has 1 atom stereocenters. The molecule has 1 heterocycles. The standard InChI is InChI=1S/C21H23N3O6/c1-13(25)22-11-19(26)24(2)20(14-4-7-16(28-3)8-5-14)21(27)23-15-6-9-17-18(10-15)30-12-29-17/h4-10,20H,11-12H2,1-3H3,(H,22,25)(H,23,27)/t20-/m0/s1. The number of methoxy groups -OCH3 is 1. The molecule has 0 unspecified atom stereocenters. The van der Waals surface area contributed by atoms with Crippen molar-refractivity contribution in [2.45, 2.75) is 13.0 Å². The van der Waals surface area contributed by atoms with Crippen molar-refractivity contribution < 1.29 is 28.6 Å². The predicted octanol–water partition coefficient (Wildman–Crippen LogP) is 1.70. The largest absolute Gasteiger partial charge is 0.497 e. The summed E-state index contributed by atoms with van der Waals surface area (Å²) < 4.78 is 15.8. The smallest absolute Gasteiger partial charge is 0.251 e. The molecule has 9 nitrogen and oxygen atoms in total. The molecule has 30 heavy (non-hydrogen) atoms. The van der Waals surface area contributed by atoms with Crippen molar-refractivity contribution in [3.8, 4) is 17.2 Å². The van der Waals surface area contributed by atoms with Crippen LogP contribution in [0, 0.1) is 0 Å². The van der Waals surface area contributed by atoms with Crippen LogP contribution in [0.25, 0.3) is 0 Å². The van der Waals surface area contributed by atoms with E-state index in [0.29, 0.717) is 28.5 Å². The highest BCUT2D eigenvalue weighted by Crippen LogP contribution is 2.34. The summed E-state index contributed by atoms with van der Waals surface area (Å²) in [5.74, 6) is 0.596. The molecule has 2 N–H and O–H groups in total. The van der Waals surface area contributed by atoms with E-state index in [1.807, 2.05) is 0 Å². The first kappa shape index (κ1) is 21.0. The van der Waals surface area contributed by atoms with Gasteiger partial charge in [0.25, 0.3) is 5.91 Å². The molecule has 0 radical (unpaired) electrons. The van der Waals surface area contributed by atoms with Gasteiger partial charge in [-0.3, -0.25) is 14.4 Å². The van der Waals surface area contributed by atoms with Crippen molar-refractivity contribution in [2.75, 3.05) is 32.8 Å². The summed E-state index contributed by atoms with van der Waals surface area (Å²) in [5.41, 5.74) is 1.10. The molecule has 2 aromatic rings. The Labute approximate surface area is 173 Å². The zero-order chi connectivity index (χ0) is 21.7. The van der Waals surface area contributed by atoms with Crippen LogP contribution in [0.3, 0.4) is 0 Å². The zero-order valence-corrected chi connectivity index (χ0v) is 16.9. The number of carbonyl (C=O) groups excluding carboxylic acids is 3. The molecule has 3 amide bonds. The van der Waals surface area contributed by atoms with Crippen LogP contribution in [0.15, 0.2) is 42.5 Å². The van der Waals surface area contributed by atoms with E-state index in [1.165, 1.54) is 18.9 Å². The Bertz CT molecular complexity index is 944. The highest BCUT2D eigenvalue weighted by Gasteiger charge is 2.29. The Hall–Kier alpha value is -3.75. The molecule has 0 bridgehead atoms. The van der Waals surface area contributed by atoms with Crippen molar-refractivity contribution in [2.24, 2.45) is 0 Å². The number of nitrogens with zero attached hydrogens (tertiary/aromatic N) is 1. The average Bonchev–Trinajstić information content (AvgIpc) is 3.20. The SMILES string of the molecule is COc1ccc([C@@H](C(=O)Nc2ccc3c(c2)OCO3)N(C)C(=O)CNC(C)=O)cc1. The Morgan fingerprint density at radius 3 is 2.47 bits per heavy atom. The van der Waals surface area contributed by atoms with E-state index >= 15 is 0 Å². The fourth-order valence-corrected chi connectivity index (χ4v) is 2.99. The number of amides is 3. The second-order valence-electron chi connectivity index (χ2n) is 6.65. The van der Waals surface area contributed by atoms with E-state index < -0.39 is 17.9 Å². The Kier molecular flexibility index (Phi) is 6.41. The second-order valence-corrected chi connectivity index (χ2v) is 6.65. The highest BCUT2D eigenvalue weighted by atomic mass is 16.7. The number of nitrogens with one attached hydrogen (secondary N) is 2. The molecule has 158 valence electrons. The lowest BCUT2D eigenvalue weighted by Gasteiger charge is -2.28. The molecule has 0 aromatic heterocycles. The number of hydrogen-bond acceptors (Lipinski definition) is 6. The maximum Gasteiger partial charge on any atom is 0.251 e. The highest BCUT2D eigenvalue weighted by molar-refractivity contribution is 5.98. The van der Waals surface area contributed by atoms with Gasteiger partial charge >= 0.3 is 0 Å². The van der Waals surface area contributed by atoms with Crippen molar-refractivity contribution in [1.29, 1.82) is 0 Å². The van der Waals surface area contributed by atoms with Gasteiger partial charge in [-0.15, -0.1) is 0 Å². The minimum Gasteiger partial charge on any atom is -0.497 e. The van der Waals surface area contributed by atoms with Crippen LogP contribution in [0.1, 0.15) is 18.5 Å². The summed E-state index contributed by atoms with van der Waals surface area (Å²) in [6.45, 7) is 1.23. The fraction of sp³-hybridized carbons (Fsp3) is 0.286. The van der Waals surface area contributed by atoms with Gasteiger partial charge in [0.05, 0.1) is 13.7 Å². The van der Waals surface area contributed by atoms with Gasteiger partial charge in [0.2, 0.25) is 18.6 Å². The van der Waals surface area contributed by atoms with Gasteiger partial charge in [0, 0.05) is 25.7 Å². The van der Waals surface area contributed by atoms with E-state index in [2.05, 4.69) is 10.6 Å². The maximum absolute atomic E-state index is 13.2. The lowest BCUT2D eigenvalue weighted by molar-refractivity contribution is -0.137. The number of rotatable bonds is 7. The third kappa shape index (κ3) is 4.80.